The molecule has 0 aromatic heterocycles. The van der Waals surface area contributed by atoms with Crippen molar-refractivity contribution >= 4 is 0 Å². The fourth-order valence-corrected chi connectivity index (χ4v) is 2.39. The van der Waals surface area contributed by atoms with Gasteiger partial charge < -0.3 is 5.11 Å². The smallest absolute Gasteiger partial charge is 0.0462 e. The quantitative estimate of drug-likeness (QED) is 0.774. The number of hydrogen-bond donors (Lipinski definition) is 1. The molecule has 0 spiro atoms. The van der Waals surface area contributed by atoms with Crippen molar-refractivity contribution in [1.29, 1.82) is 0 Å². The molecule has 2 rings (SSSR count). The van der Waals surface area contributed by atoms with Crippen LogP contribution in [0.5, 0.6) is 0 Å². The van der Waals surface area contributed by atoms with Gasteiger partial charge in [-0.25, -0.2) is 0 Å². The minimum atomic E-state index is 0.352. The molecule has 1 aromatic carbocycles. The van der Waals surface area contributed by atoms with Crippen molar-refractivity contribution in [3.8, 4) is 0 Å². The molecule has 0 amide bonds. The van der Waals surface area contributed by atoms with E-state index in [0.29, 0.717) is 18.4 Å². The zero-order valence-electron chi connectivity index (χ0n) is 8.69. The highest BCUT2D eigenvalue weighted by Gasteiger charge is 2.42. The Morgan fingerprint density at radius 2 is 2.07 bits per heavy atom. The molecule has 1 aliphatic carbocycles. The van der Waals surface area contributed by atoms with Crippen LogP contribution in [0.3, 0.4) is 0 Å². The molecule has 76 valence electrons. The van der Waals surface area contributed by atoms with Crippen molar-refractivity contribution in [2.24, 2.45) is 11.8 Å². The fraction of sp³-hybridized carbons (Fsp3) is 0.538. The summed E-state index contributed by atoms with van der Waals surface area (Å²) in [5.74, 6) is 1.96. The van der Waals surface area contributed by atoms with Gasteiger partial charge in [0.05, 0.1) is 0 Å². The van der Waals surface area contributed by atoms with Gasteiger partial charge in [0.2, 0.25) is 0 Å². The molecule has 1 fully saturated rings. The molecule has 14 heavy (non-hydrogen) atoms. The predicted molar refractivity (Wildman–Crippen MR) is 58.2 cm³/mol. The number of rotatable bonds is 4. The summed E-state index contributed by atoms with van der Waals surface area (Å²) >= 11 is 0. The van der Waals surface area contributed by atoms with Crippen LogP contribution in [0.15, 0.2) is 30.3 Å². The van der Waals surface area contributed by atoms with E-state index in [-0.39, 0.29) is 0 Å². The first kappa shape index (κ1) is 9.72. The molecule has 0 aliphatic heterocycles. The summed E-state index contributed by atoms with van der Waals surface area (Å²) in [5, 5.41) is 9.20. The molecular formula is C13H18O. The summed E-state index contributed by atoms with van der Waals surface area (Å²) in [6.45, 7) is 2.52. The summed E-state index contributed by atoms with van der Waals surface area (Å²) in [6.07, 6.45) is 2.37. The van der Waals surface area contributed by atoms with Gasteiger partial charge in [-0.2, -0.15) is 0 Å². The van der Waals surface area contributed by atoms with Crippen LogP contribution in [-0.4, -0.2) is 11.7 Å². The van der Waals surface area contributed by atoms with Gasteiger partial charge in [-0.05, 0) is 29.7 Å². The zero-order valence-corrected chi connectivity index (χ0v) is 8.69. The monoisotopic (exact) mass is 190 g/mol. The van der Waals surface area contributed by atoms with Gasteiger partial charge in [-0.15, -0.1) is 0 Å². The molecule has 3 unspecified atom stereocenters. The summed E-state index contributed by atoms with van der Waals surface area (Å²) in [6, 6.07) is 10.7. The van der Waals surface area contributed by atoms with E-state index in [0.717, 1.165) is 12.3 Å². The average molecular weight is 190 g/mol. The Kier molecular flexibility index (Phi) is 2.87. The van der Waals surface area contributed by atoms with Gasteiger partial charge in [-0.3, -0.25) is 0 Å². The van der Waals surface area contributed by atoms with Crippen molar-refractivity contribution in [2.75, 3.05) is 6.61 Å². The minimum absolute atomic E-state index is 0.352. The third kappa shape index (κ3) is 1.83. The lowest BCUT2D eigenvalue weighted by Crippen LogP contribution is -2.07. The van der Waals surface area contributed by atoms with E-state index in [2.05, 4.69) is 37.3 Å². The van der Waals surface area contributed by atoms with Gasteiger partial charge in [0.25, 0.3) is 0 Å². The van der Waals surface area contributed by atoms with E-state index < -0.39 is 0 Å². The Bertz CT molecular complexity index is 277. The number of aliphatic hydroxyl groups is 1. The van der Waals surface area contributed by atoms with E-state index >= 15 is 0 Å². The summed E-state index contributed by atoms with van der Waals surface area (Å²) in [4.78, 5) is 0. The van der Waals surface area contributed by atoms with Crippen LogP contribution < -0.4 is 0 Å². The van der Waals surface area contributed by atoms with E-state index in [1.165, 1.54) is 12.0 Å². The third-order valence-electron chi connectivity index (χ3n) is 3.43. The first-order chi connectivity index (χ1) is 6.86. The Labute approximate surface area is 85.8 Å². The lowest BCUT2D eigenvalue weighted by Gasteiger charge is -2.10. The second kappa shape index (κ2) is 4.14. The lowest BCUT2D eigenvalue weighted by atomic mass is 9.98. The van der Waals surface area contributed by atoms with E-state index in [1.807, 2.05) is 0 Å². The van der Waals surface area contributed by atoms with Gasteiger partial charge >= 0.3 is 0 Å². The van der Waals surface area contributed by atoms with Gasteiger partial charge in [0.15, 0.2) is 0 Å². The second-order valence-electron chi connectivity index (χ2n) is 4.27. The highest BCUT2D eigenvalue weighted by atomic mass is 16.3. The van der Waals surface area contributed by atoms with Gasteiger partial charge in [0, 0.05) is 6.61 Å². The zero-order chi connectivity index (χ0) is 9.97. The van der Waals surface area contributed by atoms with Crippen LogP contribution in [0.2, 0.25) is 0 Å². The molecule has 0 bridgehead atoms. The first-order valence-electron chi connectivity index (χ1n) is 5.52. The normalized spacial score (nSPS) is 27.3. The molecule has 1 aliphatic rings. The van der Waals surface area contributed by atoms with Crippen molar-refractivity contribution in [3.05, 3.63) is 35.9 Å². The first-order valence-corrected chi connectivity index (χ1v) is 5.52. The van der Waals surface area contributed by atoms with Crippen molar-refractivity contribution in [3.63, 3.8) is 0 Å². The fourth-order valence-electron chi connectivity index (χ4n) is 2.39. The largest absolute Gasteiger partial charge is 0.396 e. The molecule has 1 aromatic rings. The van der Waals surface area contributed by atoms with Crippen LogP contribution >= 0.6 is 0 Å². The van der Waals surface area contributed by atoms with Crippen molar-refractivity contribution in [2.45, 2.75) is 25.7 Å². The Balaban J connectivity index is 1.99. The molecule has 1 saturated carbocycles. The van der Waals surface area contributed by atoms with Crippen LogP contribution in [0.25, 0.3) is 0 Å². The lowest BCUT2D eigenvalue weighted by molar-refractivity contribution is 0.204. The van der Waals surface area contributed by atoms with E-state index in [4.69, 9.17) is 0 Å². The maximum atomic E-state index is 9.20. The second-order valence-corrected chi connectivity index (χ2v) is 4.27. The van der Waals surface area contributed by atoms with E-state index in [1.54, 1.807) is 0 Å². The molecule has 3 atom stereocenters. The van der Waals surface area contributed by atoms with Crippen LogP contribution in [0, 0.1) is 11.8 Å². The molecular weight excluding hydrogens is 172 g/mol. The maximum Gasteiger partial charge on any atom is 0.0462 e. The Hall–Kier alpha value is -0.820. The van der Waals surface area contributed by atoms with E-state index in [9.17, 15) is 5.11 Å². The molecule has 0 heterocycles. The molecule has 0 radical (unpaired) electrons. The van der Waals surface area contributed by atoms with Crippen LogP contribution in [0.4, 0.5) is 0 Å². The maximum absolute atomic E-state index is 9.20. The molecule has 1 heteroatoms. The summed E-state index contributed by atoms with van der Waals surface area (Å²) in [7, 11) is 0. The average Bonchev–Trinajstić information content (AvgIpc) is 3.01. The highest BCUT2D eigenvalue weighted by molar-refractivity contribution is 5.25. The summed E-state index contributed by atoms with van der Waals surface area (Å²) in [5.41, 5.74) is 1.45. The molecule has 1 N–H and O–H groups in total. The van der Waals surface area contributed by atoms with Crippen LogP contribution in [-0.2, 0) is 0 Å². The minimum Gasteiger partial charge on any atom is -0.396 e. The number of benzene rings is 1. The number of aliphatic hydroxyl groups excluding tert-OH is 1. The van der Waals surface area contributed by atoms with Crippen molar-refractivity contribution in [1.82, 2.24) is 0 Å². The Morgan fingerprint density at radius 3 is 2.64 bits per heavy atom. The predicted octanol–water partition coefficient (Wildman–Crippen LogP) is 2.81. The number of hydrogen-bond acceptors (Lipinski definition) is 1. The Morgan fingerprint density at radius 1 is 1.36 bits per heavy atom. The van der Waals surface area contributed by atoms with Crippen molar-refractivity contribution < 1.29 is 5.11 Å². The molecule has 1 nitrogen and oxygen atoms in total. The standard InChI is InChI=1S/C13H18O/c1-2-10(9-14)12-8-13(12)11-6-4-3-5-7-11/h3-7,10,12-14H,2,8-9H2,1H3. The van der Waals surface area contributed by atoms with Crippen LogP contribution in [0.1, 0.15) is 31.2 Å². The van der Waals surface area contributed by atoms with Gasteiger partial charge in [-0.1, -0.05) is 43.7 Å². The molecule has 0 saturated heterocycles. The third-order valence-corrected chi connectivity index (χ3v) is 3.43. The summed E-state index contributed by atoms with van der Waals surface area (Å²) < 4.78 is 0. The topological polar surface area (TPSA) is 20.2 Å². The SMILES string of the molecule is CCC(CO)C1CC1c1ccccc1. The highest BCUT2D eigenvalue weighted by Crippen LogP contribution is 2.52. The van der Waals surface area contributed by atoms with Gasteiger partial charge in [0.1, 0.15) is 0 Å².